The highest BCUT2D eigenvalue weighted by atomic mass is 16.5. The molecule has 3 aromatic carbocycles. The van der Waals surface area contributed by atoms with Gasteiger partial charge in [-0.15, -0.1) is 0 Å². The van der Waals surface area contributed by atoms with Crippen LogP contribution in [0.1, 0.15) is 24.5 Å². The van der Waals surface area contributed by atoms with Crippen LogP contribution in [0.3, 0.4) is 0 Å². The molecule has 3 aromatic rings. The molecule has 0 amide bonds. The summed E-state index contributed by atoms with van der Waals surface area (Å²) in [6.07, 6.45) is 2.14. The second-order valence-electron chi connectivity index (χ2n) is 7.42. The van der Waals surface area contributed by atoms with Gasteiger partial charge in [0, 0.05) is 12.2 Å². The number of benzene rings is 3. The van der Waals surface area contributed by atoms with Crippen LogP contribution in [-0.2, 0) is 22.4 Å². The van der Waals surface area contributed by atoms with Crippen LogP contribution < -0.4 is 0 Å². The van der Waals surface area contributed by atoms with Crippen molar-refractivity contribution >= 4 is 5.97 Å². The number of aliphatic hydroxyl groups is 1. The number of hydrogen-bond acceptors (Lipinski definition) is 3. The molecule has 30 heavy (non-hydrogen) atoms. The fourth-order valence-corrected chi connectivity index (χ4v) is 3.44. The first kappa shape index (κ1) is 21.5. The SMILES string of the molecule is C=C(C)C(=O)OCCCc1cc(-c2ccc(-c3ccccc3)cc2)ccc1CCO. The Bertz CT molecular complexity index is 988. The van der Waals surface area contributed by atoms with Crippen molar-refractivity contribution in [3.8, 4) is 22.3 Å². The summed E-state index contributed by atoms with van der Waals surface area (Å²) >= 11 is 0. The summed E-state index contributed by atoms with van der Waals surface area (Å²) in [5.74, 6) is -0.349. The highest BCUT2D eigenvalue weighted by Gasteiger charge is 2.08. The summed E-state index contributed by atoms with van der Waals surface area (Å²) in [5, 5.41) is 9.40. The Morgan fingerprint density at radius 2 is 1.43 bits per heavy atom. The summed E-state index contributed by atoms with van der Waals surface area (Å²) in [7, 11) is 0. The molecule has 0 saturated carbocycles. The second-order valence-corrected chi connectivity index (χ2v) is 7.42. The van der Waals surface area contributed by atoms with Gasteiger partial charge in [0.05, 0.1) is 6.61 Å². The molecule has 3 nitrogen and oxygen atoms in total. The molecule has 0 atom stereocenters. The zero-order chi connectivity index (χ0) is 21.3. The standard InChI is InChI=1S/C27H28O3/c1-20(2)27(29)30-18-6-9-25-19-26(15-14-24(25)16-17-28)23-12-10-22(11-13-23)21-7-4-3-5-8-21/h3-5,7-8,10-15,19,28H,1,6,9,16-18H2,2H3. The quantitative estimate of drug-likeness (QED) is 0.289. The van der Waals surface area contributed by atoms with E-state index in [1.807, 2.05) is 18.2 Å². The number of aliphatic hydroxyl groups excluding tert-OH is 1. The lowest BCUT2D eigenvalue weighted by atomic mass is 9.94. The Labute approximate surface area is 178 Å². The number of hydrogen-bond donors (Lipinski definition) is 1. The van der Waals surface area contributed by atoms with Gasteiger partial charge in [-0.3, -0.25) is 0 Å². The minimum absolute atomic E-state index is 0.114. The zero-order valence-corrected chi connectivity index (χ0v) is 17.4. The molecule has 154 valence electrons. The fraction of sp³-hybridized carbons (Fsp3) is 0.222. The van der Waals surface area contributed by atoms with E-state index in [-0.39, 0.29) is 12.6 Å². The van der Waals surface area contributed by atoms with Crippen molar-refractivity contribution in [2.45, 2.75) is 26.2 Å². The van der Waals surface area contributed by atoms with Crippen molar-refractivity contribution in [2.75, 3.05) is 13.2 Å². The molecule has 0 fully saturated rings. The van der Waals surface area contributed by atoms with E-state index in [1.165, 1.54) is 16.7 Å². The van der Waals surface area contributed by atoms with Crippen LogP contribution in [0, 0.1) is 0 Å². The van der Waals surface area contributed by atoms with Gasteiger partial charge in [-0.25, -0.2) is 4.79 Å². The number of carbonyl (C=O) groups is 1. The first-order chi connectivity index (χ1) is 14.6. The van der Waals surface area contributed by atoms with Gasteiger partial charge >= 0.3 is 5.97 Å². The molecule has 0 unspecified atom stereocenters. The van der Waals surface area contributed by atoms with Gasteiger partial charge < -0.3 is 9.84 Å². The Balaban J connectivity index is 1.74. The van der Waals surface area contributed by atoms with Crippen LogP contribution in [0.25, 0.3) is 22.3 Å². The lowest BCUT2D eigenvalue weighted by Gasteiger charge is -2.12. The molecule has 3 rings (SSSR count). The molecule has 0 aliphatic rings. The number of carbonyl (C=O) groups excluding carboxylic acids is 1. The van der Waals surface area contributed by atoms with Crippen molar-refractivity contribution < 1.29 is 14.6 Å². The van der Waals surface area contributed by atoms with Crippen LogP contribution in [0.5, 0.6) is 0 Å². The topological polar surface area (TPSA) is 46.5 Å². The maximum absolute atomic E-state index is 11.5. The molecule has 1 N–H and O–H groups in total. The van der Waals surface area contributed by atoms with Crippen molar-refractivity contribution in [1.82, 2.24) is 0 Å². The number of esters is 1. The average molecular weight is 401 g/mol. The first-order valence-corrected chi connectivity index (χ1v) is 10.3. The van der Waals surface area contributed by atoms with Gasteiger partial charge in [0.2, 0.25) is 0 Å². The van der Waals surface area contributed by atoms with Gasteiger partial charge in [0.25, 0.3) is 0 Å². The molecule has 3 heteroatoms. The number of rotatable bonds is 9. The van der Waals surface area contributed by atoms with Crippen molar-refractivity contribution in [3.63, 3.8) is 0 Å². The highest BCUT2D eigenvalue weighted by molar-refractivity contribution is 5.86. The Morgan fingerprint density at radius 1 is 0.833 bits per heavy atom. The average Bonchev–Trinajstić information content (AvgIpc) is 2.78. The molecule has 0 aliphatic carbocycles. The van der Waals surface area contributed by atoms with E-state index in [1.54, 1.807) is 6.92 Å². The van der Waals surface area contributed by atoms with Crippen molar-refractivity contribution in [1.29, 1.82) is 0 Å². The van der Waals surface area contributed by atoms with Crippen LogP contribution in [-0.4, -0.2) is 24.3 Å². The smallest absolute Gasteiger partial charge is 0.333 e. The molecule has 0 aromatic heterocycles. The van der Waals surface area contributed by atoms with Gasteiger partial charge in [-0.05, 0) is 59.6 Å². The number of aryl methyl sites for hydroxylation is 1. The predicted molar refractivity (Wildman–Crippen MR) is 122 cm³/mol. The van der Waals surface area contributed by atoms with E-state index < -0.39 is 0 Å². The van der Waals surface area contributed by atoms with E-state index in [2.05, 4.69) is 61.2 Å². The molecular formula is C27H28O3. The lowest BCUT2D eigenvalue weighted by Crippen LogP contribution is -2.07. The summed E-state index contributed by atoms with van der Waals surface area (Å²) < 4.78 is 5.21. The third-order valence-corrected chi connectivity index (χ3v) is 5.08. The van der Waals surface area contributed by atoms with E-state index in [4.69, 9.17) is 4.74 Å². The Hall–Kier alpha value is -3.17. The molecule has 0 radical (unpaired) electrons. The lowest BCUT2D eigenvalue weighted by molar-refractivity contribution is -0.139. The second kappa shape index (κ2) is 10.6. The molecule has 0 bridgehead atoms. The van der Waals surface area contributed by atoms with Crippen LogP contribution in [0.15, 0.2) is 84.9 Å². The highest BCUT2D eigenvalue weighted by Crippen LogP contribution is 2.27. The third kappa shape index (κ3) is 5.68. The van der Waals surface area contributed by atoms with Gasteiger partial charge in [-0.1, -0.05) is 79.4 Å². The Kier molecular flexibility index (Phi) is 7.58. The van der Waals surface area contributed by atoms with Gasteiger partial charge in [0.1, 0.15) is 0 Å². The zero-order valence-electron chi connectivity index (χ0n) is 17.4. The fourth-order valence-electron chi connectivity index (χ4n) is 3.44. The van der Waals surface area contributed by atoms with E-state index in [0.717, 1.165) is 29.5 Å². The van der Waals surface area contributed by atoms with Crippen LogP contribution in [0.2, 0.25) is 0 Å². The minimum Gasteiger partial charge on any atom is -0.462 e. The van der Waals surface area contributed by atoms with Crippen molar-refractivity contribution in [3.05, 3.63) is 96.1 Å². The molecule has 0 spiro atoms. The summed E-state index contributed by atoms with van der Waals surface area (Å²) in [6, 6.07) is 25.3. The maximum Gasteiger partial charge on any atom is 0.333 e. The van der Waals surface area contributed by atoms with E-state index >= 15 is 0 Å². The molecule has 0 saturated heterocycles. The summed E-state index contributed by atoms with van der Waals surface area (Å²) in [5.41, 5.74) is 7.42. The first-order valence-electron chi connectivity index (χ1n) is 10.3. The van der Waals surface area contributed by atoms with Crippen LogP contribution >= 0.6 is 0 Å². The van der Waals surface area contributed by atoms with E-state index in [0.29, 0.717) is 18.6 Å². The monoisotopic (exact) mass is 400 g/mol. The molecule has 0 heterocycles. The van der Waals surface area contributed by atoms with Gasteiger partial charge in [0.15, 0.2) is 0 Å². The largest absolute Gasteiger partial charge is 0.462 e. The summed E-state index contributed by atoms with van der Waals surface area (Å²) in [6.45, 7) is 5.72. The molecule has 0 aliphatic heterocycles. The Morgan fingerprint density at radius 3 is 2.07 bits per heavy atom. The van der Waals surface area contributed by atoms with Crippen molar-refractivity contribution in [2.24, 2.45) is 0 Å². The summed E-state index contributed by atoms with van der Waals surface area (Å²) in [4.78, 5) is 11.5. The number of ether oxygens (including phenoxy) is 1. The third-order valence-electron chi connectivity index (χ3n) is 5.08. The molecular weight excluding hydrogens is 372 g/mol. The maximum atomic E-state index is 11.5. The van der Waals surface area contributed by atoms with Gasteiger partial charge in [-0.2, -0.15) is 0 Å². The van der Waals surface area contributed by atoms with E-state index in [9.17, 15) is 9.90 Å². The predicted octanol–water partition coefficient (Wildman–Crippen LogP) is 5.61. The normalized spacial score (nSPS) is 10.6. The minimum atomic E-state index is -0.349. The van der Waals surface area contributed by atoms with Crippen LogP contribution in [0.4, 0.5) is 0 Å².